The maximum Gasteiger partial charge on any atom is 0.322 e. The van der Waals surface area contributed by atoms with Crippen LogP contribution in [0.15, 0.2) is 91.0 Å². The number of imide groups is 1. The van der Waals surface area contributed by atoms with E-state index >= 15 is 0 Å². The van der Waals surface area contributed by atoms with Crippen molar-refractivity contribution in [3.05, 3.63) is 108 Å². The van der Waals surface area contributed by atoms with Crippen LogP contribution in [0.5, 0.6) is 0 Å². The molecule has 3 aromatic rings. The molecule has 4 heteroatoms. The highest BCUT2D eigenvalue weighted by Gasteiger charge is 2.17. The number of nitrogens with one attached hydrogen (secondary N) is 2. The lowest BCUT2D eigenvalue weighted by Gasteiger charge is -2.19. The van der Waals surface area contributed by atoms with Crippen molar-refractivity contribution in [1.82, 2.24) is 10.6 Å². The molecule has 0 aromatic heterocycles. The minimum Gasteiger partial charge on any atom is -0.331 e. The first kappa shape index (κ1) is 17.4. The van der Waals surface area contributed by atoms with Crippen LogP contribution in [0.3, 0.4) is 0 Å². The predicted molar refractivity (Wildman–Crippen MR) is 102 cm³/mol. The molecule has 0 saturated carbocycles. The lowest BCUT2D eigenvalue weighted by molar-refractivity contribution is 0.0963. The van der Waals surface area contributed by atoms with E-state index in [1.807, 2.05) is 66.7 Å². The first-order chi connectivity index (χ1) is 12.7. The average Bonchev–Trinajstić information content (AvgIpc) is 2.69. The summed E-state index contributed by atoms with van der Waals surface area (Å²) in [4.78, 5) is 24.5. The third kappa shape index (κ3) is 4.80. The van der Waals surface area contributed by atoms with Crippen LogP contribution in [-0.4, -0.2) is 11.9 Å². The normalized spacial score (nSPS) is 11.4. The molecule has 130 valence electrons. The van der Waals surface area contributed by atoms with E-state index < -0.39 is 11.9 Å². The van der Waals surface area contributed by atoms with Gasteiger partial charge >= 0.3 is 6.03 Å². The fraction of sp³-hybridized carbons (Fsp3) is 0.0909. The fourth-order valence-electron chi connectivity index (χ4n) is 2.75. The van der Waals surface area contributed by atoms with Crippen LogP contribution in [0.1, 0.15) is 27.5 Å². The molecule has 0 spiro atoms. The standard InChI is InChI=1S/C22H20N2O2/c25-21(19-14-8-3-9-15-19)24-22(26)23-20(18-12-6-2-7-13-18)16-17-10-4-1-5-11-17/h1-15,20H,16H2,(H2,23,24,25,26)/t20-/m0/s1. The summed E-state index contributed by atoms with van der Waals surface area (Å²) in [5, 5.41) is 5.30. The van der Waals surface area contributed by atoms with Gasteiger partial charge in [0.25, 0.3) is 5.91 Å². The summed E-state index contributed by atoms with van der Waals surface area (Å²) in [5.74, 6) is -0.422. The average molecular weight is 344 g/mol. The summed E-state index contributed by atoms with van der Waals surface area (Å²) in [5.41, 5.74) is 2.54. The Kier molecular flexibility index (Phi) is 5.78. The monoisotopic (exact) mass is 344 g/mol. The van der Waals surface area contributed by atoms with Gasteiger partial charge in [-0.05, 0) is 29.7 Å². The van der Waals surface area contributed by atoms with Gasteiger partial charge in [-0.1, -0.05) is 78.9 Å². The Morgan fingerprint density at radius 2 is 1.27 bits per heavy atom. The molecule has 0 radical (unpaired) electrons. The zero-order valence-corrected chi connectivity index (χ0v) is 14.3. The van der Waals surface area contributed by atoms with Crippen LogP contribution < -0.4 is 10.6 Å². The Balaban J connectivity index is 1.71. The molecule has 3 aromatic carbocycles. The quantitative estimate of drug-likeness (QED) is 0.732. The second kappa shape index (κ2) is 8.62. The zero-order chi connectivity index (χ0) is 18.2. The SMILES string of the molecule is O=C(NC(=O)c1ccccc1)N[C@@H](Cc1ccccc1)c1ccccc1. The van der Waals surface area contributed by atoms with Crippen molar-refractivity contribution >= 4 is 11.9 Å². The summed E-state index contributed by atoms with van der Waals surface area (Å²) < 4.78 is 0. The largest absolute Gasteiger partial charge is 0.331 e. The van der Waals surface area contributed by atoms with Gasteiger partial charge in [-0.25, -0.2) is 4.79 Å². The molecule has 0 saturated heterocycles. The third-order valence-electron chi connectivity index (χ3n) is 4.05. The summed E-state index contributed by atoms with van der Waals surface area (Å²) in [6.45, 7) is 0. The predicted octanol–water partition coefficient (Wildman–Crippen LogP) is 4.11. The van der Waals surface area contributed by atoms with Crippen molar-refractivity contribution in [2.45, 2.75) is 12.5 Å². The molecule has 2 N–H and O–H groups in total. The molecular weight excluding hydrogens is 324 g/mol. The second-order valence-corrected chi connectivity index (χ2v) is 5.95. The van der Waals surface area contributed by atoms with Crippen LogP contribution >= 0.6 is 0 Å². The Morgan fingerprint density at radius 1 is 0.731 bits per heavy atom. The van der Waals surface area contributed by atoms with Crippen molar-refractivity contribution in [1.29, 1.82) is 0 Å². The molecule has 0 unspecified atom stereocenters. The zero-order valence-electron chi connectivity index (χ0n) is 14.3. The molecule has 3 rings (SSSR count). The van der Waals surface area contributed by atoms with Gasteiger partial charge in [-0.15, -0.1) is 0 Å². The van der Waals surface area contributed by atoms with Gasteiger partial charge in [0.15, 0.2) is 0 Å². The van der Waals surface area contributed by atoms with Gasteiger partial charge in [0.1, 0.15) is 0 Å². The van der Waals surface area contributed by atoms with Gasteiger partial charge in [0.05, 0.1) is 6.04 Å². The van der Waals surface area contributed by atoms with Gasteiger partial charge in [0, 0.05) is 5.56 Å². The highest BCUT2D eigenvalue weighted by molar-refractivity contribution is 6.04. The highest BCUT2D eigenvalue weighted by Crippen LogP contribution is 2.18. The van der Waals surface area contributed by atoms with E-state index in [0.29, 0.717) is 12.0 Å². The van der Waals surface area contributed by atoms with E-state index in [9.17, 15) is 9.59 Å². The lowest BCUT2D eigenvalue weighted by Crippen LogP contribution is -2.41. The molecule has 0 fully saturated rings. The van der Waals surface area contributed by atoms with Crippen molar-refractivity contribution in [3.8, 4) is 0 Å². The number of hydrogen-bond donors (Lipinski definition) is 2. The van der Waals surface area contributed by atoms with E-state index in [1.54, 1.807) is 24.3 Å². The number of carbonyl (C=O) groups excluding carboxylic acids is 2. The van der Waals surface area contributed by atoms with Gasteiger partial charge < -0.3 is 5.32 Å². The van der Waals surface area contributed by atoms with E-state index in [4.69, 9.17) is 0 Å². The van der Waals surface area contributed by atoms with Crippen molar-refractivity contribution in [2.75, 3.05) is 0 Å². The number of amides is 3. The topological polar surface area (TPSA) is 58.2 Å². The van der Waals surface area contributed by atoms with E-state index in [-0.39, 0.29) is 6.04 Å². The van der Waals surface area contributed by atoms with Crippen molar-refractivity contribution in [2.24, 2.45) is 0 Å². The van der Waals surface area contributed by atoms with Crippen molar-refractivity contribution < 1.29 is 9.59 Å². The minimum absolute atomic E-state index is 0.234. The summed E-state index contributed by atoms with van der Waals surface area (Å²) in [7, 11) is 0. The smallest absolute Gasteiger partial charge is 0.322 e. The molecule has 0 aliphatic heterocycles. The van der Waals surface area contributed by atoms with E-state index in [1.165, 1.54) is 0 Å². The molecule has 0 aliphatic carbocycles. The lowest BCUT2D eigenvalue weighted by atomic mass is 9.99. The van der Waals surface area contributed by atoms with Gasteiger partial charge in [0.2, 0.25) is 0 Å². The van der Waals surface area contributed by atoms with Crippen LogP contribution in [0.4, 0.5) is 4.79 Å². The molecule has 26 heavy (non-hydrogen) atoms. The maximum atomic E-state index is 12.4. The van der Waals surface area contributed by atoms with Crippen LogP contribution in [0.25, 0.3) is 0 Å². The maximum absolute atomic E-state index is 12.4. The Labute approximate surface area is 152 Å². The van der Waals surface area contributed by atoms with Crippen LogP contribution in [0.2, 0.25) is 0 Å². The first-order valence-corrected chi connectivity index (χ1v) is 8.48. The molecular formula is C22H20N2O2. The second-order valence-electron chi connectivity index (χ2n) is 5.95. The summed E-state index contributed by atoms with van der Waals surface area (Å²) in [6, 6.07) is 27.6. The third-order valence-corrected chi connectivity index (χ3v) is 4.05. The number of hydrogen-bond acceptors (Lipinski definition) is 2. The molecule has 0 bridgehead atoms. The number of rotatable bonds is 5. The van der Waals surface area contributed by atoms with Gasteiger partial charge in [-0.3, -0.25) is 10.1 Å². The molecule has 0 heterocycles. The number of benzene rings is 3. The first-order valence-electron chi connectivity index (χ1n) is 8.48. The van der Waals surface area contributed by atoms with Crippen LogP contribution in [-0.2, 0) is 6.42 Å². The summed E-state index contributed by atoms with van der Waals surface area (Å²) in [6.07, 6.45) is 0.637. The molecule has 3 amide bonds. The Bertz CT molecular complexity index is 849. The fourth-order valence-corrected chi connectivity index (χ4v) is 2.75. The highest BCUT2D eigenvalue weighted by atomic mass is 16.2. The summed E-state index contributed by atoms with van der Waals surface area (Å²) >= 11 is 0. The van der Waals surface area contributed by atoms with E-state index in [0.717, 1.165) is 11.1 Å². The number of urea groups is 1. The van der Waals surface area contributed by atoms with Gasteiger partial charge in [-0.2, -0.15) is 0 Å². The molecule has 4 nitrogen and oxygen atoms in total. The van der Waals surface area contributed by atoms with E-state index in [2.05, 4.69) is 10.6 Å². The van der Waals surface area contributed by atoms with Crippen molar-refractivity contribution in [3.63, 3.8) is 0 Å². The minimum atomic E-state index is -0.511. The molecule has 1 atom stereocenters. The van der Waals surface area contributed by atoms with Crippen LogP contribution in [0, 0.1) is 0 Å². The Morgan fingerprint density at radius 3 is 1.88 bits per heavy atom. The number of carbonyl (C=O) groups is 2. The Hall–Kier alpha value is -3.40. The molecule has 0 aliphatic rings.